The third-order valence-corrected chi connectivity index (χ3v) is 0.472. The minimum absolute atomic E-state index is 0.287. The van der Waals surface area contributed by atoms with Crippen LogP contribution in [-0.4, -0.2) is 31.4 Å². The fourth-order valence-electron chi connectivity index (χ4n) is 0.312. The normalized spacial score (nSPS) is 8.11. The van der Waals surface area contributed by atoms with Gasteiger partial charge in [0.05, 0.1) is 6.54 Å². The van der Waals surface area contributed by atoms with Gasteiger partial charge in [0.1, 0.15) is 0 Å². The highest BCUT2D eigenvalue weighted by Gasteiger charge is 1.92. The van der Waals surface area contributed by atoms with Gasteiger partial charge in [0.15, 0.2) is 0 Å². The van der Waals surface area contributed by atoms with E-state index in [9.17, 15) is 4.79 Å². The first-order chi connectivity index (χ1) is 4.13. The second-order valence-electron chi connectivity index (χ2n) is 1.70. The van der Waals surface area contributed by atoms with Crippen LogP contribution in [0.5, 0.6) is 0 Å². The molecule has 0 rings (SSSR count). The molecule has 0 aliphatic heterocycles. The molecule has 0 aromatic rings. The standard InChI is InChI=1S/C4H10N2O.C2H6/c1-6(2)3-4(5)7;1-2/h3H2,1-2H3,(H2,5,7);1-2H3. The van der Waals surface area contributed by atoms with E-state index in [4.69, 9.17) is 5.73 Å². The summed E-state index contributed by atoms with van der Waals surface area (Å²) in [5.41, 5.74) is 4.81. The maximum atomic E-state index is 9.99. The number of hydrogen-bond donors (Lipinski definition) is 1. The van der Waals surface area contributed by atoms with E-state index in [1.54, 1.807) is 19.0 Å². The fraction of sp³-hybridized carbons (Fsp3) is 0.833. The number of rotatable bonds is 2. The van der Waals surface area contributed by atoms with E-state index in [0.29, 0.717) is 6.54 Å². The number of amides is 1. The van der Waals surface area contributed by atoms with Crippen LogP contribution in [0.3, 0.4) is 0 Å². The molecule has 56 valence electrons. The predicted molar refractivity (Wildman–Crippen MR) is 39.1 cm³/mol. The average Bonchev–Trinajstić information content (AvgIpc) is 1.68. The van der Waals surface area contributed by atoms with E-state index in [1.807, 2.05) is 13.8 Å². The first-order valence-corrected chi connectivity index (χ1v) is 3.06. The summed E-state index contributed by atoms with van der Waals surface area (Å²) in [4.78, 5) is 11.7. The Morgan fingerprint density at radius 1 is 1.44 bits per heavy atom. The molecule has 0 aliphatic carbocycles. The smallest absolute Gasteiger partial charge is 0.231 e. The molecule has 1 amide bonds. The highest BCUT2D eigenvalue weighted by atomic mass is 16.1. The molecule has 0 aliphatic rings. The van der Waals surface area contributed by atoms with Crippen molar-refractivity contribution in [1.29, 1.82) is 0 Å². The summed E-state index contributed by atoms with van der Waals surface area (Å²) in [5.74, 6) is -0.287. The summed E-state index contributed by atoms with van der Waals surface area (Å²) in [5, 5.41) is 0. The number of nitrogens with zero attached hydrogens (tertiary/aromatic N) is 1. The molecule has 0 fully saturated rings. The Bertz CT molecular complexity index is 71.5. The first kappa shape index (κ1) is 11.3. The quantitative estimate of drug-likeness (QED) is 0.577. The van der Waals surface area contributed by atoms with E-state index < -0.39 is 0 Å². The molecular weight excluding hydrogens is 116 g/mol. The van der Waals surface area contributed by atoms with Gasteiger partial charge in [-0.15, -0.1) is 0 Å². The topological polar surface area (TPSA) is 46.3 Å². The monoisotopic (exact) mass is 132 g/mol. The van der Waals surface area contributed by atoms with Crippen molar-refractivity contribution in [3.63, 3.8) is 0 Å². The molecular formula is C6H16N2O. The van der Waals surface area contributed by atoms with Gasteiger partial charge in [-0.05, 0) is 14.1 Å². The minimum atomic E-state index is -0.287. The Morgan fingerprint density at radius 2 is 1.78 bits per heavy atom. The van der Waals surface area contributed by atoms with E-state index in [0.717, 1.165) is 0 Å². The second-order valence-corrected chi connectivity index (χ2v) is 1.70. The van der Waals surface area contributed by atoms with E-state index in [-0.39, 0.29) is 5.91 Å². The maximum Gasteiger partial charge on any atom is 0.231 e. The van der Waals surface area contributed by atoms with Gasteiger partial charge in [0.25, 0.3) is 0 Å². The summed E-state index contributed by atoms with van der Waals surface area (Å²) in [6, 6.07) is 0. The lowest BCUT2D eigenvalue weighted by molar-refractivity contribution is -0.118. The van der Waals surface area contributed by atoms with Crippen LogP contribution in [0.1, 0.15) is 13.8 Å². The van der Waals surface area contributed by atoms with Gasteiger partial charge < -0.3 is 10.6 Å². The van der Waals surface area contributed by atoms with Crippen molar-refractivity contribution in [1.82, 2.24) is 4.90 Å². The summed E-state index contributed by atoms with van der Waals surface area (Å²) < 4.78 is 0. The lowest BCUT2D eigenvalue weighted by Crippen LogP contribution is -2.27. The first-order valence-electron chi connectivity index (χ1n) is 3.06. The third-order valence-electron chi connectivity index (χ3n) is 0.472. The Kier molecular flexibility index (Phi) is 9.29. The Hall–Kier alpha value is -0.570. The molecule has 2 N–H and O–H groups in total. The molecule has 0 aromatic heterocycles. The predicted octanol–water partition coefficient (Wildman–Crippen LogP) is 0.0595. The van der Waals surface area contributed by atoms with Gasteiger partial charge in [-0.1, -0.05) is 13.8 Å². The second kappa shape index (κ2) is 7.43. The molecule has 0 saturated carbocycles. The van der Waals surface area contributed by atoms with Gasteiger partial charge in [-0.2, -0.15) is 0 Å². The van der Waals surface area contributed by atoms with Crippen LogP contribution in [0, 0.1) is 0 Å². The van der Waals surface area contributed by atoms with Gasteiger partial charge in [-0.25, -0.2) is 0 Å². The Balaban J connectivity index is 0. The Morgan fingerprint density at radius 3 is 1.78 bits per heavy atom. The lowest BCUT2D eigenvalue weighted by atomic mass is 10.6. The van der Waals surface area contributed by atoms with Crippen molar-refractivity contribution in [3.8, 4) is 0 Å². The van der Waals surface area contributed by atoms with Gasteiger partial charge in [-0.3, -0.25) is 4.79 Å². The van der Waals surface area contributed by atoms with Crippen molar-refractivity contribution in [2.45, 2.75) is 13.8 Å². The number of likely N-dealkylation sites (N-methyl/N-ethyl adjacent to an activating group) is 1. The van der Waals surface area contributed by atoms with E-state index in [1.165, 1.54) is 0 Å². The number of carbonyl (C=O) groups is 1. The van der Waals surface area contributed by atoms with Crippen LogP contribution in [0.15, 0.2) is 0 Å². The zero-order valence-electron chi connectivity index (χ0n) is 6.64. The van der Waals surface area contributed by atoms with Crippen molar-refractivity contribution in [3.05, 3.63) is 0 Å². The zero-order valence-corrected chi connectivity index (χ0v) is 6.64. The van der Waals surface area contributed by atoms with Crippen molar-refractivity contribution >= 4 is 5.91 Å². The van der Waals surface area contributed by atoms with Crippen LogP contribution in [0.25, 0.3) is 0 Å². The third kappa shape index (κ3) is 18.6. The number of nitrogens with two attached hydrogens (primary N) is 1. The molecule has 0 atom stereocenters. The van der Waals surface area contributed by atoms with Crippen molar-refractivity contribution in [2.24, 2.45) is 5.73 Å². The van der Waals surface area contributed by atoms with Crippen LogP contribution in [0.2, 0.25) is 0 Å². The molecule has 3 heteroatoms. The van der Waals surface area contributed by atoms with E-state index in [2.05, 4.69) is 0 Å². The largest absolute Gasteiger partial charge is 0.369 e. The van der Waals surface area contributed by atoms with Gasteiger partial charge >= 0.3 is 0 Å². The number of carbonyl (C=O) groups excluding carboxylic acids is 1. The minimum Gasteiger partial charge on any atom is -0.369 e. The SMILES string of the molecule is CC.CN(C)CC(N)=O. The maximum absolute atomic E-state index is 9.99. The molecule has 0 unspecified atom stereocenters. The van der Waals surface area contributed by atoms with Crippen molar-refractivity contribution < 1.29 is 4.79 Å². The van der Waals surface area contributed by atoms with Gasteiger partial charge in [0.2, 0.25) is 5.91 Å². The van der Waals surface area contributed by atoms with Crippen LogP contribution >= 0.6 is 0 Å². The van der Waals surface area contributed by atoms with Crippen LogP contribution in [0.4, 0.5) is 0 Å². The molecule has 0 spiro atoms. The molecule has 0 radical (unpaired) electrons. The van der Waals surface area contributed by atoms with E-state index >= 15 is 0 Å². The lowest BCUT2D eigenvalue weighted by Gasteiger charge is -2.02. The highest BCUT2D eigenvalue weighted by Crippen LogP contribution is 1.67. The van der Waals surface area contributed by atoms with Crippen LogP contribution in [-0.2, 0) is 4.79 Å². The van der Waals surface area contributed by atoms with Crippen LogP contribution < -0.4 is 5.73 Å². The molecule has 0 heterocycles. The molecule has 0 saturated heterocycles. The summed E-state index contributed by atoms with van der Waals surface area (Å²) in [6.07, 6.45) is 0. The highest BCUT2D eigenvalue weighted by molar-refractivity contribution is 5.75. The molecule has 0 aromatic carbocycles. The molecule has 0 bridgehead atoms. The number of primary amides is 1. The molecule has 9 heavy (non-hydrogen) atoms. The summed E-state index contributed by atoms with van der Waals surface area (Å²) >= 11 is 0. The number of hydrogen-bond acceptors (Lipinski definition) is 2. The Labute approximate surface area is 56.8 Å². The van der Waals surface area contributed by atoms with Crippen molar-refractivity contribution in [2.75, 3.05) is 20.6 Å². The summed E-state index contributed by atoms with van der Waals surface area (Å²) in [6.45, 7) is 4.33. The summed E-state index contributed by atoms with van der Waals surface area (Å²) in [7, 11) is 3.59. The fourth-order valence-corrected chi connectivity index (χ4v) is 0.312. The zero-order chi connectivity index (χ0) is 7.86. The molecule has 3 nitrogen and oxygen atoms in total. The average molecular weight is 132 g/mol. The van der Waals surface area contributed by atoms with Gasteiger partial charge in [0, 0.05) is 0 Å².